The van der Waals surface area contributed by atoms with Gasteiger partial charge in [0.15, 0.2) is 15.6 Å². The SMILES string of the molecule is CCCCCCC(c1nc(-c2ccccc2)c(-c2ccccc2)o1)S(=O)(=O)c1ccccc1. The van der Waals surface area contributed by atoms with Gasteiger partial charge >= 0.3 is 0 Å². The second-order valence-corrected chi connectivity index (χ2v) is 10.3. The molecule has 3 aromatic carbocycles. The van der Waals surface area contributed by atoms with Crippen molar-refractivity contribution in [3.05, 3.63) is 96.9 Å². The van der Waals surface area contributed by atoms with Crippen molar-refractivity contribution in [2.45, 2.75) is 49.2 Å². The summed E-state index contributed by atoms with van der Waals surface area (Å²) in [5.41, 5.74) is 2.43. The molecule has 5 heteroatoms. The summed E-state index contributed by atoms with van der Waals surface area (Å²) in [6.07, 6.45) is 4.42. The summed E-state index contributed by atoms with van der Waals surface area (Å²) in [5.74, 6) is 0.853. The molecule has 33 heavy (non-hydrogen) atoms. The minimum Gasteiger partial charge on any atom is -0.439 e. The second-order valence-electron chi connectivity index (χ2n) is 8.16. The summed E-state index contributed by atoms with van der Waals surface area (Å²) in [4.78, 5) is 5.10. The van der Waals surface area contributed by atoms with Crippen molar-refractivity contribution in [3.8, 4) is 22.6 Å². The van der Waals surface area contributed by atoms with Gasteiger partial charge in [0.1, 0.15) is 10.9 Å². The standard InChI is InChI=1S/C28H29NO3S/c1-2-3-4-14-21-25(33(30,31)24-19-12-7-13-20-24)28-29-26(22-15-8-5-9-16-22)27(32-28)23-17-10-6-11-18-23/h5-13,15-20,25H,2-4,14,21H2,1H3. The van der Waals surface area contributed by atoms with Crippen LogP contribution in [-0.2, 0) is 9.84 Å². The van der Waals surface area contributed by atoms with Gasteiger partial charge in [-0.05, 0) is 18.6 Å². The molecule has 1 heterocycles. The first-order chi connectivity index (χ1) is 16.1. The summed E-state index contributed by atoms with van der Waals surface area (Å²) in [6, 6.07) is 28.1. The summed E-state index contributed by atoms with van der Waals surface area (Å²) in [7, 11) is -3.67. The largest absolute Gasteiger partial charge is 0.439 e. The van der Waals surface area contributed by atoms with Crippen LogP contribution in [0.1, 0.15) is 50.2 Å². The van der Waals surface area contributed by atoms with Crippen molar-refractivity contribution >= 4 is 9.84 Å². The highest BCUT2D eigenvalue weighted by molar-refractivity contribution is 7.91. The zero-order valence-electron chi connectivity index (χ0n) is 18.9. The number of aromatic nitrogens is 1. The average molecular weight is 460 g/mol. The third kappa shape index (κ3) is 5.25. The molecule has 0 aliphatic carbocycles. The molecule has 170 valence electrons. The van der Waals surface area contributed by atoms with Gasteiger partial charge in [0, 0.05) is 11.1 Å². The molecular formula is C28H29NO3S. The fourth-order valence-electron chi connectivity index (χ4n) is 3.99. The molecule has 0 saturated heterocycles. The number of oxazole rings is 1. The smallest absolute Gasteiger partial charge is 0.214 e. The van der Waals surface area contributed by atoms with Crippen LogP contribution in [0.4, 0.5) is 0 Å². The van der Waals surface area contributed by atoms with Crippen LogP contribution in [0.2, 0.25) is 0 Å². The van der Waals surface area contributed by atoms with Crippen LogP contribution in [0.25, 0.3) is 22.6 Å². The molecule has 1 atom stereocenters. The Morgan fingerprint density at radius 2 is 1.33 bits per heavy atom. The van der Waals surface area contributed by atoms with E-state index in [9.17, 15) is 8.42 Å². The van der Waals surface area contributed by atoms with Gasteiger partial charge in [-0.15, -0.1) is 0 Å². The molecule has 4 rings (SSSR count). The predicted octanol–water partition coefficient (Wildman–Crippen LogP) is 7.49. The van der Waals surface area contributed by atoms with E-state index in [0.29, 0.717) is 22.8 Å². The maximum atomic E-state index is 13.7. The van der Waals surface area contributed by atoms with E-state index < -0.39 is 15.1 Å². The summed E-state index contributed by atoms with van der Waals surface area (Å²) in [6.45, 7) is 2.14. The summed E-state index contributed by atoms with van der Waals surface area (Å²) < 4.78 is 33.7. The lowest BCUT2D eigenvalue weighted by Gasteiger charge is -2.15. The molecule has 0 bridgehead atoms. The lowest BCUT2D eigenvalue weighted by atomic mass is 10.1. The number of hydrogen-bond donors (Lipinski definition) is 0. The van der Waals surface area contributed by atoms with Crippen molar-refractivity contribution in [1.29, 1.82) is 0 Å². The van der Waals surface area contributed by atoms with Gasteiger partial charge in [-0.2, -0.15) is 0 Å². The van der Waals surface area contributed by atoms with Crippen molar-refractivity contribution in [2.75, 3.05) is 0 Å². The number of sulfone groups is 1. The molecule has 1 unspecified atom stereocenters. The van der Waals surface area contributed by atoms with Gasteiger partial charge in [-0.25, -0.2) is 13.4 Å². The van der Waals surface area contributed by atoms with Crippen molar-refractivity contribution in [3.63, 3.8) is 0 Å². The summed E-state index contributed by atoms with van der Waals surface area (Å²) in [5, 5.41) is -0.836. The Kier molecular flexibility index (Phi) is 7.40. The Hall–Kier alpha value is -3.18. The Morgan fingerprint density at radius 1 is 0.758 bits per heavy atom. The number of benzene rings is 3. The number of hydrogen-bond acceptors (Lipinski definition) is 4. The molecule has 4 nitrogen and oxygen atoms in total. The number of nitrogens with zero attached hydrogens (tertiary/aromatic N) is 1. The monoisotopic (exact) mass is 459 g/mol. The minimum absolute atomic E-state index is 0.257. The van der Waals surface area contributed by atoms with Gasteiger partial charge in [0.05, 0.1) is 4.90 Å². The molecule has 0 saturated carbocycles. The van der Waals surface area contributed by atoms with Crippen LogP contribution in [0.5, 0.6) is 0 Å². The highest BCUT2D eigenvalue weighted by Crippen LogP contribution is 2.39. The van der Waals surface area contributed by atoms with Crippen LogP contribution in [0.3, 0.4) is 0 Å². The fourth-order valence-corrected chi connectivity index (χ4v) is 5.70. The molecule has 0 amide bonds. The second kappa shape index (κ2) is 10.6. The lowest BCUT2D eigenvalue weighted by Crippen LogP contribution is -2.14. The molecule has 0 N–H and O–H groups in total. The van der Waals surface area contributed by atoms with Crippen LogP contribution >= 0.6 is 0 Å². The van der Waals surface area contributed by atoms with E-state index >= 15 is 0 Å². The summed E-state index contributed by atoms with van der Waals surface area (Å²) >= 11 is 0. The van der Waals surface area contributed by atoms with E-state index in [4.69, 9.17) is 9.40 Å². The number of unbranched alkanes of at least 4 members (excludes halogenated alkanes) is 3. The quantitative estimate of drug-likeness (QED) is 0.230. The van der Waals surface area contributed by atoms with Gasteiger partial charge in [0.25, 0.3) is 0 Å². The van der Waals surface area contributed by atoms with E-state index in [1.807, 2.05) is 66.7 Å². The average Bonchev–Trinajstić information content (AvgIpc) is 3.30. The third-order valence-corrected chi connectivity index (χ3v) is 7.88. The molecule has 0 radical (unpaired) electrons. The normalized spacial score (nSPS) is 12.5. The third-order valence-electron chi connectivity index (χ3n) is 5.77. The van der Waals surface area contributed by atoms with E-state index in [0.717, 1.165) is 36.8 Å². The highest BCUT2D eigenvalue weighted by Gasteiger charge is 2.34. The van der Waals surface area contributed by atoms with Gasteiger partial charge in [-0.1, -0.05) is 111 Å². The first kappa shape index (κ1) is 23.0. The van der Waals surface area contributed by atoms with E-state index in [1.54, 1.807) is 24.3 Å². The number of rotatable bonds is 10. The molecular weight excluding hydrogens is 430 g/mol. The van der Waals surface area contributed by atoms with Gasteiger partial charge in [0.2, 0.25) is 5.89 Å². The highest BCUT2D eigenvalue weighted by atomic mass is 32.2. The van der Waals surface area contributed by atoms with Crippen molar-refractivity contribution in [1.82, 2.24) is 4.98 Å². The maximum Gasteiger partial charge on any atom is 0.214 e. The van der Waals surface area contributed by atoms with E-state index in [1.165, 1.54) is 0 Å². The zero-order valence-corrected chi connectivity index (χ0v) is 19.7. The maximum absolute atomic E-state index is 13.7. The Bertz CT molecular complexity index is 1190. The molecule has 0 aliphatic heterocycles. The lowest BCUT2D eigenvalue weighted by molar-refractivity contribution is 0.466. The Balaban J connectivity index is 1.82. The molecule has 0 spiro atoms. The van der Waals surface area contributed by atoms with Gasteiger partial charge in [-0.3, -0.25) is 0 Å². The van der Waals surface area contributed by atoms with E-state index in [2.05, 4.69) is 6.92 Å². The molecule has 1 aromatic heterocycles. The van der Waals surface area contributed by atoms with Gasteiger partial charge < -0.3 is 4.42 Å². The van der Waals surface area contributed by atoms with Crippen molar-refractivity contribution in [2.24, 2.45) is 0 Å². The van der Waals surface area contributed by atoms with E-state index in [-0.39, 0.29) is 5.89 Å². The van der Waals surface area contributed by atoms with Crippen LogP contribution in [-0.4, -0.2) is 13.4 Å². The Morgan fingerprint density at radius 3 is 1.94 bits per heavy atom. The first-order valence-electron chi connectivity index (χ1n) is 11.5. The fraction of sp³-hybridized carbons (Fsp3) is 0.250. The Labute approximate surface area is 196 Å². The molecule has 0 aliphatic rings. The zero-order chi connectivity index (χ0) is 23.1. The van der Waals surface area contributed by atoms with Crippen molar-refractivity contribution < 1.29 is 12.8 Å². The first-order valence-corrected chi connectivity index (χ1v) is 13.1. The van der Waals surface area contributed by atoms with Crippen LogP contribution in [0, 0.1) is 0 Å². The minimum atomic E-state index is -3.67. The van der Waals surface area contributed by atoms with Crippen LogP contribution in [0.15, 0.2) is 100 Å². The molecule has 4 aromatic rings. The molecule has 0 fully saturated rings. The van der Waals surface area contributed by atoms with Crippen LogP contribution < -0.4 is 0 Å². The topological polar surface area (TPSA) is 60.2 Å². The predicted molar refractivity (Wildman–Crippen MR) is 133 cm³/mol.